The van der Waals surface area contributed by atoms with E-state index in [9.17, 15) is 4.79 Å². The smallest absolute Gasteiger partial charge is 0.236 e. The minimum atomic E-state index is 0. The molecule has 2 aliphatic rings. The van der Waals surface area contributed by atoms with Crippen molar-refractivity contribution in [3.63, 3.8) is 0 Å². The van der Waals surface area contributed by atoms with E-state index in [1.54, 1.807) is 0 Å². The maximum absolute atomic E-state index is 12.5. The number of hydrogen-bond donors (Lipinski definition) is 1. The Morgan fingerprint density at radius 2 is 2.00 bits per heavy atom. The molecule has 4 nitrogen and oxygen atoms in total. The Bertz CT molecular complexity index is 473. The largest absolute Gasteiger partial charge is 0.376 e. The summed E-state index contributed by atoms with van der Waals surface area (Å²) in [5.41, 5.74) is 1.18. The van der Waals surface area contributed by atoms with Gasteiger partial charge in [0.15, 0.2) is 0 Å². The molecule has 1 aromatic rings. The number of hydrogen-bond acceptors (Lipinski definition) is 3. The predicted molar refractivity (Wildman–Crippen MR) is 93.7 cm³/mol. The van der Waals surface area contributed by atoms with Crippen molar-refractivity contribution in [1.82, 2.24) is 10.2 Å². The lowest BCUT2D eigenvalue weighted by Crippen LogP contribution is -2.42. The molecule has 0 spiro atoms. The van der Waals surface area contributed by atoms with Gasteiger partial charge in [0.2, 0.25) is 5.91 Å². The second kappa shape index (κ2) is 9.26. The summed E-state index contributed by atoms with van der Waals surface area (Å²) in [5.74, 6) is 0.980. The lowest BCUT2D eigenvalue weighted by Gasteiger charge is -2.26. The number of amides is 1. The molecule has 1 N–H and O–H groups in total. The van der Waals surface area contributed by atoms with Crippen molar-refractivity contribution in [2.24, 2.45) is 5.92 Å². The molecule has 1 saturated carbocycles. The first-order chi connectivity index (χ1) is 10.8. The minimum absolute atomic E-state index is 0. The van der Waals surface area contributed by atoms with Gasteiger partial charge in [-0.25, -0.2) is 0 Å². The Morgan fingerprint density at radius 1 is 1.22 bits per heavy atom. The topological polar surface area (TPSA) is 41.6 Å². The van der Waals surface area contributed by atoms with Crippen LogP contribution >= 0.6 is 12.4 Å². The van der Waals surface area contributed by atoms with Crippen LogP contribution in [-0.4, -0.2) is 43.2 Å². The Hall–Kier alpha value is -1.10. The number of benzene rings is 1. The van der Waals surface area contributed by atoms with Gasteiger partial charge in [0, 0.05) is 19.7 Å². The predicted octanol–water partition coefficient (Wildman–Crippen LogP) is 2.62. The summed E-state index contributed by atoms with van der Waals surface area (Å²) >= 11 is 0. The number of carbonyl (C=O) groups is 1. The zero-order valence-corrected chi connectivity index (χ0v) is 14.4. The summed E-state index contributed by atoms with van der Waals surface area (Å²) in [6.07, 6.45) is 5.00. The Kier molecular flexibility index (Phi) is 7.34. The van der Waals surface area contributed by atoms with Crippen LogP contribution in [0.5, 0.6) is 0 Å². The van der Waals surface area contributed by atoms with Crippen molar-refractivity contribution in [1.29, 1.82) is 0 Å². The molecule has 1 atom stereocenters. The third kappa shape index (κ3) is 6.13. The normalized spacial score (nSPS) is 20.1. The fourth-order valence-electron chi connectivity index (χ4n) is 2.91. The first-order valence-electron chi connectivity index (χ1n) is 8.45. The highest BCUT2D eigenvalue weighted by Crippen LogP contribution is 2.27. The van der Waals surface area contributed by atoms with E-state index in [0.717, 1.165) is 31.9 Å². The van der Waals surface area contributed by atoms with Crippen molar-refractivity contribution in [2.75, 3.05) is 26.2 Å². The number of halogens is 1. The monoisotopic (exact) mass is 338 g/mol. The van der Waals surface area contributed by atoms with E-state index in [1.165, 1.54) is 18.4 Å². The van der Waals surface area contributed by atoms with Crippen LogP contribution in [0.25, 0.3) is 0 Å². The second-order valence-corrected chi connectivity index (χ2v) is 6.47. The number of rotatable bonds is 8. The zero-order valence-electron chi connectivity index (χ0n) is 13.6. The summed E-state index contributed by atoms with van der Waals surface area (Å²) in [4.78, 5) is 14.5. The molecule has 3 rings (SSSR count). The third-order valence-corrected chi connectivity index (χ3v) is 4.42. The van der Waals surface area contributed by atoms with Gasteiger partial charge in [0.1, 0.15) is 0 Å². The van der Waals surface area contributed by atoms with Crippen molar-refractivity contribution in [3.8, 4) is 0 Å². The molecule has 1 aliphatic heterocycles. The molecular formula is C18H27ClN2O2. The standard InChI is InChI=1S/C18H26N2O2.ClH/c21-18(12-19-11-15-8-9-15)20(14-17-7-4-10-22-17)13-16-5-2-1-3-6-16;/h1-3,5-6,15,17,19H,4,7-14H2;1H. The van der Waals surface area contributed by atoms with Gasteiger partial charge in [-0.15, -0.1) is 12.4 Å². The van der Waals surface area contributed by atoms with Gasteiger partial charge >= 0.3 is 0 Å². The zero-order chi connectivity index (χ0) is 15.2. The molecule has 0 radical (unpaired) electrons. The molecule has 1 amide bonds. The summed E-state index contributed by atoms with van der Waals surface area (Å²) in [7, 11) is 0. The maximum atomic E-state index is 12.5. The number of nitrogens with one attached hydrogen (secondary N) is 1. The Morgan fingerprint density at radius 3 is 2.65 bits per heavy atom. The minimum Gasteiger partial charge on any atom is -0.376 e. The fraction of sp³-hybridized carbons (Fsp3) is 0.611. The average molecular weight is 339 g/mol. The van der Waals surface area contributed by atoms with Crippen LogP contribution in [-0.2, 0) is 16.1 Å². The molecule has 1 aliphatic carbocycles. The molecule has 1 heterocycles. The van der Waals surface area contributed by atoms with Crippen LogP contribution in [0, 0.1) is 5.92 Å². The van der Waals surface area contributed by atoms with Gasteiger partial charge in [-0.05, 0) is 43.7 Å². The number of ether oxygens (including phenoxy) is 1. The van der Waals surface area contributed by atoms with Gasteiger partial charge in [-0.3, -0.25) is 4.79 Å². The fourth-order valence-corrected chi connectivity index (χ4v) is 2.91. The second-order valence-electron chi connectivity index (χ2n) is 6.47. The Labute approximate surface area is 145 Å². The molecule has 1 unspecified atom stereocenters. The first kappa shape index (κ1) is 18.2. The van der Waals surface area contributed by atoms with Crippen LogP contribution in [0.4, 0.5) is 0 Å². The summed E-state index contributed by atoms with van der Waals surface area (Å²) in [6.45, 7) is 3.63. The van der Waals surface area contributed by atoms with Crippen molar-refractivity contribution in [2.45, 2.75) is 38.3 Å². The first-order valence-corrected chi connectivity index (χ1v) is 8.45. The molecule has 128 valence electrons. The quantitative estimate of drug-likeness (QED) is 0.792. The van der Waals surface area contributed by atoms with Crippen molar-refractivity contribution >= 4 is 18.3 Å². The van der Waals surface area contributed by atoms with Gasteiger partial charge in [-0.2, -0.15) is 0 Å². The van der Waals surface area contributed by atoms with Gasteiger partial charge in [0.05, 0.1) is 12.6 Å². The van der Waals surface area contributed by atoms with Crippen LogP contribution in [0.2, 0.25) is 0 Å². The van der Waals surface area contributed by atoms with Crippen LogP contribution < -0.4 is 5.32 Å². The average Bonchev–Trinajstić information content (AvgIpc) is 3.22. The van der Waals surface area contributed by atoms with Crippen LogP contribution in [0.1, 0.15) is 31.2 Å². The van der Waals surface area contributed by atoms with Crippen molar-refractivity contribution < 1.29 is 9.53 Å². The van der Waals surface area contributed by atoms with Gasteiger partial charge < -0.3 is 15.0 Å². The number of carbonyl (C=O) groups excluding carboxylic acids is 1. The molecule has 23 heavy (non-hydrogen) atoms. The Balaban J connectivity index is 0.00000192. The lowest BCUT2D eigenvalue weighted by molar-refractivity contribution is -0.132. The van der Waals surface area contributed by atoms with Crippen LogP contribution in [0.3, 0.4) is 0 Å². The molecule has 0 aromatic heterocycles. The molecule has 1 aromatic carbocycles. The molecule has 5 heteroatoms. The highest BCUT2D eigenvalue weighted by Gasteiger charge is 2.24. The molecular weight excluding hydrogens is 312 g/mol. The van der Waals surface area contributed by atoms with E-state index in [0.29, 0.717) is 19.6 Å². The maximum Gasteiger partial charge on any atom is 0.236 e. The molecule has 2 fully saturated rings. The number of nitrogens with zero attached hydrogens (tertiary/aromatic N) is 1. The van der Waals surface area contributed by atoms with E-state index < -0.39 is 0 Å². The summed E-state index contributed by atoms with van der Waals surface area (Å²) < 4.78 is 5.71. The van der Waals surface area contributed by atoms with Crippen LogP contribution in [0.15, 0.2) is 30.3 Å². The van der Waals surface area contributed by atoms with E-state index >= 15 is 0 Å². The summed E-state index contributed by atoms with van der Waals surface area (Å²) in [6, 6.07) is 10.2. The molecule has 1 saturated heterocycles. The van der Waals surface area contributed by atoms with E-state index in [4.69, 9.17) is 4.74 Å². The molecule has 0 bridgehead atoms. The SMILES string of the molecule is Cl.O=C(CNCC1CC1)N(Cc1ccccc1)CC1CCCO1. The summed E-state index contributed by atoms with van der Waals surface area (Å²) in [5, 5.41) is 3.31. The lowest BCUT2D eigenvalue weighted by atomic mass is 10.2. The van der Waals surface area contributed by atoms with E-state index in [-0.39, 0.29) is 24.4 Å². The van der Waals surface area contributed by atoms with E-state index in [2.05, 4.69) is 17.4 Å². The van der Waals surface area contributed by atoms with Gasteiger partial charge in [-0.1, -0.05) is 30.3 Å². The van der Waals surface area contributed by atoms with E-state index in [1.807, 2.05) is 23.1 Å². The van der Waals surface area contributed by atoms with Crippen molar-refractivity contribution in [3.05, 3.63) is 35.9 Å². The third-order valence-electron chi connectivity index (χ3n) is 4.42. The van der Waals surface area contributed by atoms with Gasteiger partial charge in [0.25, 0.3) is 0 Å². The highest BCUT2D eigenvalue weighted by atomic mass is 35.5. The highest BCUT2D eigenvalue weighted by molar-refractivity contribution is 5.85.